The zero-order chi connectivity index (χ0) is 11.3. The summed E-state index contributed by atoms with van der Waals surface area (Å²) in [6, 6.07) is 7.46. The first-order valence-corrected chi connectivity index (χ1v) is 5.15. The van der Waals surface area contributed by atoms with Crippen LogP contribution in [-0.2, 0) is 11.3 Å². The Morgan fingerprint density at radius 1 is 1.60 bits per heavy atom. The summed E-state index contributed by atoms with van der Waals surface area (Å²) >= 11 is 5.82. The predicted molar refractivity (Wildman–Crippen MR) is 60.0 cm³/mol. The van der Waals surface area contributed by atoms with Crippen molar-refractivity contribution in [2.75, 3.05) is 0 Å². The summed E-state index contributed by atoms with van der Waals surface area (Å²) in [6.45, 7) is 2.48. The second-order valence-electron chi connectivity index (χ2n) is 3.51. The molecule has 0 bridgehead atoms. The molecule has 1 rings (SSSR count). The van der Waals surface area contributed by atoms with E-state index in [-0.39, 0.29) is 12.5 Å². The van der Waals surface area contributed by atoms with Gasteiger partial charge in [-0.3, -0.25) is 4.79 Å². The Labute approximate surface area is 94.1 Å². The number of halogens is 1. The van der Waals surface area contributed by atoms with Crippen LogP contribution in [0.1, 0.15) is 18.9 Å². The summed E-state index contributed by atoms with van der Waals surface area (Å²) in [6.07, 6.45) is 0.126. The molecule has 0 aliphatic rings. The smallest absolute Gasteiger partial charge is 0.304 e. The third-order valence-electron chi connectivity index (χ3n) is 2.02. The molecule has 0 amide bonds. The maximum absolute atomic E-state index is 10.4. The lowest BCUT2D eigenvalue weighted by molar-refractivity contribution is -0.137. The van der Waals surface area contributed by atoms with Crippen molar-refractivity contribution in [1.29, 1.82) is 0 Å². The molecule has 0 spiro atoms. The standard InChI is InChI=1S/C11H14ClNO2/c1-8(5-11(14)15)13-7-9-3-2-4-10(12)6-9/h2-4,6,8,13H,5,7H2,1H3,(H,14,15). The van der Waals surface area contributed by atoms with Crippen LogP contribution in [0.4, 0.5) is 0 Å². The van der Waals surface area contributed by atoms with Gasteiger partial charge in [-0.2, -0.15) is 0 Å². The minimum absolute atomic E-state index is 0.0403. The third kappa shape index (κ3) is 4.81. The van der Waals surface area contributed by atoms with Crippen molar-refractivity contribution in [2.45, 2.75) is 25.9 Å². The fraction of sp³-hybridized carbons (Fsp3) is 0.364. The SMILES string of the molecule is CC(CC(=O)O)NCc1cccc(Cl)c1. The van der Waals surface area contributed by atoms with Crippen molar-refractivity contribution in [1.82, 2.24) is 5.32 Å². The molecule has 1 aromatic carbocycles. The van der Waals surface area contributed by atoms with E-state index in [0.717, 1.165) is 5.56 Å². The van der Waals surface area contributed by atoms with Crippen LogP contribution in [0.25, 0.3) is 0 Å². The molecule has 0 aromatic heterocycles. The number of carboxylic acids is 1. The number of carboxylic acid groups (broad SMARTS) is 1. The second-order valence-corrected chi connectivity index (χ2v) is 3.95. The largest absolute Gasteiger partial charge is 0.481 e. The van der Waals surface area contributed by atoms with Gasteiger partial charge in [-0.15, -0.1) is 0 Å². The Balaban J connectivity index is 2.40. The summed E-state index contributed by atoms with van der Waals surface area (Å²) in [5.41, 5.74) is 1.06. The first-order valence-electron chi connectivity index (χ1n) is 4.77. The third-order valence-corrected chi connectivity index (χ3v) is 2.26. The molecule has 82 valence electrons. The van der Waals surface area contributed by atoms with E-state index in [1.807, 2.05) is 31.2 Å². The molecule has 15 heavy (non-hydrogen) atoms. The van der Waals surface area contributed by atoms with Crippen LogP contribution in [-0.4, -0.2) is 17.1 Å². The normalized spacial score (nSPS) is 12.4. The molecule has 4 heteroatoms. The van der Waals surface area contributed by atoms with Crippen LogP contribution in [0, 0.1) is 0 Å². The average Bonchev–Trinajstić information content (AvgIpc) is 2.14. The minimum atomic E-state index is -0.791. The van der Waals surface area contributed by atoms with Crippen molar-refractivity contribution in [3.63, 3.8) is 0 Å². The van der Waals surface area contributed by atoms with Crippen LogP contribution in [0.3, 0.4) is 0 Å². The molecular formula is C11H14ClNO2. The van der Waals surface area contributed by atoms with Crippen molar-refractivity contribution in [3.05, 3.63) is 34.9 Å². The lowest BCUT2D eigenvalue weighted by Gasteiger charge is -2.11. The molecule has 1 atom stereocenters. The number of nitrogens with one attached hydrogen (secondary N) is 1. The molecule has 3 nitrogen and oxygen atoms in total. The van der Waals surface area contributed by atoms with Gasteiger partial charge in [-0.05, 0) is 24.6 Å². The number of hydrogen-bond donors (Lipinski definition) is 2. The van der Waals surface area contributed by atoms with Crippen LogP contribution < -0.4 is 5.32 Å². The molecule has 0 radical (unpaired) electrons. The van der Waals surface area contributed by atoms with Crippen molar-refractivity contribution in [3.8, 4) is 0 Å². The maximum Gasteiger partial charge on any atom is 0.304 e. The number of aliphatic carboxylic acids is 1. The van der Waals surface area contributed by atoms with Crippen molar-refractivity contribution >= 4 is 17.6 Å². The van der Waals surface area contributed by atoms with Crippen molar-refractivity contribution in [2.24, 2.45) is 0 Å². The van der Waals surface area contributed by atoms with Crippen molar-refractivity contribution < 1.29 is 9.90 Å². The van der Waals surface area contributed by atoms with Gasteiger partial charge in [0.2, 0.25) is 0 Å². The summed E-state index contributed by atoms with van der Waals surface area (Å²) < 4.78 is 0. The van der Waals surface area contributed by atoms with E-state index in [2.05, 4.69) is 5.32 Å². The Kier molecular flexibility index (Phi) is 4.59. The zero-order valence-electron chi connectivity index (χ0n) is 8.53. The fourth-order valence-electron chi connectivity index (χ4n) is 1.27. The fourth-order valence-corrected chi connectivity index (χ4v) is 1.49. The molecule has 0 saturated carbocycles. The highest BCUT2D eigenvalue weighted by Crippen LogP contribution is 2.10. The van der Waals surface area contributed by atoms with Gasteiger partial charge >= 0.3 is 5.97 Å². The quantitative estimate of drug-likeness (QED) is 0.812. The van der Waals surface area contributed by atoms with Crippen LogP contribution in [0.2, 0.25) is 5.02 Å². The second kappa shape index (κ2) is 5.73. The van der Waals surface area contributed by atoms with Crippen LogP contribution in [0.15, 0.2) is 24.3 Å². The van der Waals surface area contributed by atoms with Gasteiger partial charge in [-0.1, -0.05) is 23.7 Å². The number of hydrogen-bond acceptors (Lipinski definition) is 2. The van der Waals surface area contributed by atoms with E-state index in [4.69, 9.17) is 16.7 Å². The number of benzene rings is 1. The molecule has 1 aromatic rings. The van der Waals surface area contributed by atoms with E-state index < -0.39 is 5.97 Å². The first-order chi connectivity index (χ1) is 7.08. The lowest BCUT2D eigenvalue weighted by Crippen LogP contribution is -2.27. The van der Waals surface area contributed by atoms with Gasteiger partial charge in [0, 0.05) is 17.6 Å². The van der Waals surface area contributed by atoms with Gasteiger partial charge in [0.1, 0.15) is 0 Å². The van der Waals surface area contributed by atoms with E-state index >= 15 is 0 Å². The number of carbonyl (C=O) groups is 1. The van der Waals surface area contributed by atoms with Gasteiger partial charge in [-0.25, -0.2) is 0 Å². The first kappa shape index (κ1) is 12.0. The van der Waals surface area contributed by atoms with Gasteiger partial charge in [0.25, 0.3) is 0 Å². The molecular weight excluding hydrogens is 214 g/mol. The zero-order valence-corrected chi connectivity index (χ0v) is 9.29. The molecule has 0 aliphatic heterocycles. The van der Waals surface area contributed by atoms with E-state index in [1.54, 1.807) is 0 Å². The maximum atomic E-state index is 10.4. The Bertz CT molecular complexity index is 341. The topological polar surface area (TPSA) is 49.3 Å². The predicted octanol–water partition coefficient (Wildman–Crippen LogP) is 2.29. The molecule has 1 unspecified atom stereocenters. The lowest BCUT2D eigenvalue weighted by atomic mass is 10.2. The highest BCUT2D eigenvalue weighted by Gasteiger charge is 2.06. The summed E-state index contributed by atoms with van der Waals surface area (Å²) in [7, 11) is 0. The highest BCUT2D eigenvalue weighted by atomic mass is 35.5. The molecule has 0 saturated heterocycles. The Morgan fingerprint density at radius 2 is 2.33 bits per heavy atom. The Morgan fingerprint density at radius 3 is 2.93 bits per heavy atom. The average molecular weight is 228 g/mol. The van der Waals surface area contributed by atoms with Gasteiger partial charge < -0.3 is 10.4 Å². The summed E-state index contributed by atoms with van der Waals surface area (Å²) in [5.74, 6) is -0.791. The molecule has 0 aliphatic carbocycles. The summed E-state index contributed by atoms with van der Waals surface area (Å²) in [5, 5.41) is 12.4. The van der Waals surface area contributed by atoms with Crippen LogP contribution >= 0.6 is 11.6 Å². The highest BCUT2D eigenvalue weighted by molar-refractivity contribution is 6.30. The number of rotatable bonds is 5. The molecule has 0 fully saturated rings. The van der Waals surface area contributed by atoms with E-state index in [1.165, 1.54) is 0 Å². The van der Waals surface area contributed by atoms with E-state index in [0.29, 0.717) is 11.6 Å². The summed E-state index contributed by atoms with van der Waals surface area (Å²) in [4.78, 5) is 10.4. The monoisotopic (exact) mass is 227 g/mol. The van der Waals surface area contributed by atoms with Gasteiger partial charge in [0.05, 0.1) is 6.42 Å². The van der Waals surface area contributed by atoms with Crippen LogP contribution in [0.5, 0.6) is 0 Å². The Hall–Kier alpha value is -1.06. The van der Waals surface area contributed by atoms with E-state index in [9.17, 15) is 4.79 Å². The van der Waals surface area contributed by atoms with Gasteiger partial charge in [0.15, 0.2) is 0 Å². The molecule has 2 N–H and O–H groups in total. The minimum Gasteiger partial charge on any atom is -0.481 e. The molecule has 0 heterocycles.